The van der Waals surface area contributed by atoms with E-state index >= 15 is 0 Å². The van der Waals surface area contributed by atoms with E-state index in [1.54, 1.807) is 0 Å². The Kier molecular flexibility index (Phi) is 4.03. The van der Waals surface area contributed by atoms with Crippen molar-refractivity contribution in [3.63, 3.8) is 0 Å². The van der Waals surface area contributed by atoms with Crippen LogP contribution in [0.1, 0.15) is 13.8 Å². The Morgan fingerprint density at radius 2 is 2.15 bits per heavy atom. The minimum Gasteiger partial charge on any atom is -0.493 e. The van der Waals surface area contributed by atoms with E-state index < -0.39 is 0 Å². The molecule has 0 heterocycles. The van der Waals surface area contributed by atoms with E-state index in [2.05, 4.69) is 37.4 Å². The van der Waals surface area contributed by atoms with E-state index in [1.165, 1.54) is 0 Å². The minimum atomic E-state index is 0.592. The summed E-state index contributed by atoms with van der Waals surface area (Å²) in [5.41, 5.74) is 0. The fourth-order valence-electron chi connectivity index (χ4n) is 1.26. The molecule has 0 aliphatic heterocycles. The number of likely N-dealkylation sites (N-methyl/N-ethyl adjacent to an activating group) is 1. The lowest BCUT2D eigenvalue weighted by molar-refractivity contribution is 0.221. The average Bonchev–Trinajstić information content (AvgIpc) is 2.12. The zero-order chi connectivity index (χ0) is 9.68. The van der Waals surface area contributed by atoms with Gasteiger partial charge < -0.3 is 10.1 Å². The molecule has 2 heteroatoms. The Balaban J connectivity index is 2.35. The second kappa shape index (κ2) is 5.07. The van der Waals surface area contributed by atoms with Gasteiger partial charge in [0.15, 0.2) is 0 Å². The number of ether oxygens (including phenoxy) is 1. The second-order valence-corrected chi connectivity index (χ2v) is 3.60. The Hall–Kier alpha value is -0.760. The van der Waals surface area contributed by atoms with Gasteiger partial charge in [0.2, 0.25) is 0 Å². The fraction of sp³-hybridized carbons (Fsp3) is 0.636. The smallest absolute Gasteiger partial charge is 0.115 e. The van der Waals surface area contributed by atoms with E-state index in [4.69, 9.17) is 4.74 Å². The molecule has 0 radical (unpaired) electrons. The van der Waals surface area contributed by atoms with Gasteiger partial charge in [-0.25, -0.2) is 0 Å². The molecule has 2 atom stereocenters. The van der Waals surface area contributed by atoms with Crippen LogP contribution in [0.3, 0.4) is 0 Å². The molecule has 1 rings (SSSR count). The van der Waals surface area contributed by atoms with Crippen LogP contribution in [0.4, 0.5) is 0 Å². The van der Waals surface area contributed by atoms with Crippen LogP contribution in [0, 0.1) is 11.8 Å². The number of hydrogen-bond acceptors (Lipinski definition) is 2. The normalized spacial score (nSPS) is 27.2. The van der Waals surface area contributed by atoms with Crippen molar-refractivity contribution in [2.75, 3.05) is 20.2 Å². The van der Waals surface area contributed by atoms with Gasteiger partial charge in [-0.05, 0) is 31.0 Å². The molecular weight excluding hydrogens is 162 g/mol. The summed E-state index contributed by atoms with van der Waals surface area (Å²) in [6, 6.07) is 0. The van der Waals surface area contributed by atoms with Crippen molar-refractivity contribution in [3.8, 4) is 0 Å². The minimum absolute atomic E-state index is 0.592. The molecule has 1 N–H and O–H groups in total. The second-order valence-electron chi connectivity index (χ2n) is 3.60. The lowest BCUT2D eigenvalue weighted by Gasteiger charge is -2.19. The average molecular weight is 181 g/mol. The van der Waals surface area contributed by atoms with Crippen LogP contribution in [-0.4, -0.2) is 20.2 Å². The van der Waals surface area contributed by atoms with Crippen molar-refractivity contribution in [2.24, 2.45) is 11.8 Å². The number of allylic oxidation sites excluding steroid dienone is 3. The first-order valence-electron chi connectivity index (χ1n) is 4.91. The highest BCUT2D eigenvalue weighted by Gasteiger charge is 2.12. The molecule has 0 aromatic carbocycles. The van der Waals surface area contributed by atoms with Gasteiger partial charge in [-0.1, -0.05) is 19.9 Å². The van der Waals surface area contributed by atoms with Gasteiger partial charge in [-0.2, -0.15) is 0 Å². The molecule has 0 amide bonds. The van der Waals surface area contributed by atoms with Crippen LogP contribution in [0.15, 0.2) is 24.0 Å². The molecule has 0 saturated carbocycles. The monoisotopic (exact) mass is 181 g/mol. The van der Waals surface area contributed by atoms with Gasteiger partial charge in [0.1, 0.15) is 12.4 Å². The van der Waals surface area contributed by atoms with Gasteiger partial charge in [-0.15, -0.1) is 0 Å². The van der Waals surface area contributed by atoms with E-state index in [-0.39, 0.29) is 0 Å². The molecule has 0 bridgehead atoms. The van der Waals surface area contributed by atoms with Crippen LogP contribution in [0.2, 0.25) is 0 Å². The molecule has 0 saturated heterocycles. The number of rotatable bonds is 4. The third kappa shape index (κ3) is 3.23. The molecule has 13 heavy (non-hydrogen) atoms. The summed E-state index contributed by atoms with van der Waals surface area (Å²) >= 11 is 0. The number of hydrogen-bond donors (Lipinski definition) is 1. The zero-order valence-corrected chi connectivity index (χ0v) is 8.71. The number of nitrogens with one attached hydrogen (secondary N) is 1. The molecule has 0 aromatic rings. The lowest BCUT2D eigenvalue weighted by atomic mass is 9.91. The van der Waals surface area contributed by atoms with Crippen LogP contribution >= 0.6 is 0 Å². The van der Waals surface area contributed by atoms with Gasteiger partial charge in [0.05, 0.1) is 0 Å². The first kappa shape index (κ1) is 10.3. The largest absolute Gasteiger partial charge is 0.493 e. The first-order valence-corrected chi connectivity index (χ1v) is 4.91. The predicted octanol–water partition coefficient (Wildman–Crippen LogP) is 1.95. The van der Waals surface area contributed by atoms with Gasteiger partial charge in [-0.3, -0.25) is 0 Å². The summed E-state index contributed by atoms with van der Waals surface area (Å²) in [5, 5.41) is 3.05. The van der Waals surface area contributed by atoms with Crippen LogP contribution < -0.4 is 5.32 Å². The summed E-state index contributed by atoms with van der Waals surface area (Å²) in [6.45, 7) is 6.08. The first-order chi connectivity index (χ1) is 6.24. The van der Waals surface area contributed by atoms with Crippen molar-refractivity contribution in [1.82, 2.24) is 5.32 Å². The summed E-state index contributed by atoms with van der Waals surface area (Å²) in [7, 11) is 1.93. The Morgan fingerprint density at radius 3 is 2.77 bits per heavy atom. The fourth-order valence-corrected chi connectivity index (χ4v) is 1.26. The summed E-state index contributed by atoms with van der Waals surface area (Å²) in [4.78, 5) is 0. The van der Waals surface area contributed by atoms with Crippen molar-refractivity contribution >= 4 is 0 Å². The standard InChI is InChI=1S/C11H19NO/c1-9-4-5-11(8-10(9)2)13-7-6-12-3/h4-5,8-10,12H,6-7H2,1-3H3. The van der Waals surface area contributed by atoms with E-state index in [0.717, 1.165) is 18.9 Å². The van der Waals surface area contributed by atoms with E-state index in [9.17, 15) is 0 Å². The Labute approximate surface area is 80.7 Å². The molecule has 2 nitrogen and oxygen atoms in total. The maximum atomic E-state index is 5.55. The highest BCUT2D eigenvalue weighted by molar-refractivity contribution is 5.19. The maximum Gasteiger partial charge on any atom is 0.115 e. The van der Waals surface area contributed by atoms with E-state index in [0.29, 0.717) is 11.8 Å². The van der Waals surface area contributed by atoms with Crippen molar-refractivity contribution < 1.29 is 4.74 Å². The van der Waals surface area contributed by atoms with Crippen LogP contribution in [0.25, 0.3) is 0 Å². The van der Waals surface area contributed by atoms with Gasteiger partial charge in [0, 0.05) is 6.54 Å². The molecule has 0 fully saturated rings. The Morgan fingerprint density at radius 1 is 1.38 bits per heavy atom. The van der Waals surface area contributed by atoms with Crippen molar-refractivity contribution in [1.29, 1.82) is 0 Å². The van der Waals surface area contributed by atoms with Crippen molar-refractivity contribution in [3.05, 3.63) is 24.0 Å². The van der Waals surface area contributed by atoms with Gasteiger partial charge in [0.25, 0.3) is 0 Å². The molecule has 2 unspecified atom stereocenters. The lowest BCUT2D eigenvalue weighted by Crippen LogP contribution is -2.15. The van der Waals surface area contributed by atoms with Crippen LogP contribution in [-0.2, 0) is 4.74 Å². The third-order valence-electron chi connectivity index (χ3n) is 2.44. The van der Waals surface area contributed by atoms with Gasteiger partial charge >= 0.3 is 0 Å². The predicted molar refractivity (Wildman–Crippen MR) is 55.4 cm³/mol. The van der Waals surface area contributed by atoms with Crippen LogP contribution in [0.5, 0.6) is 0 Å². The van der Waals surface area contributed by atoms with Crippen molar-refractivity contribution in [2.45, 2.75) is 13.8 Å². The zero-order valence-electron chi connectivity index (χ0n) is 8.71. The molecule has 0 spiro atoms. The maximum absolute atomic E-state index is 5.55. The highest BCUT2D eigenvalue weighted by atomic mass is 16.5. The quantitative estimate of drug-likeness (QED) is 0.669. The third-order valence-corrected chi connectivity index (χ3v) is 2.44. The topological polar surface area (TPSA) is 21.3 Å². The molecule has 74 valence electrons. The summed E-state index contributed by atoms with van der Waals surface area (Å²) < 4.78 is 5.55. The molecular formula is C11H19NO. The summed E-state index contributed by atoms with van der Waals surface area (Å²) in [5.74, 6) is 2.24. The SMILES string of the molecule is CNCCOC1=CC(C)C(C)C=C1. The highest BCUT2D eigenvalue weighted by Crippen LogP contribution is 2.22. The molecule has 1 aliphatic carbocycles. The molecule has 1 aliphatic rings. The molecule has 0 aromatic heterocycles. The Bertz CT molecular complexity index is 208. The van der Waals surface area contributed by atoms with E-state index in [1.807, 2.05) is 7.05 Å². The summed E-state index contributed by atoms with van der Waals surface area (Å²) in [6.07, 6.45) is 6.47.